The summed E-state index contributed by atoms with van der Waals surface area (Å²) in [5.41, 5.74) is 16.1. The van der Waals surface area contributed by atoms with Gasteiger partial charge in [-0.2, -0.15) is 0 Å². The average molecular weight is 2060 g/mol. The van der Waals surface area contributed by atoms with Crippen LogP contribution in [0.25, 0.3) is 76.5 Å². The van der Waals surface area contributed by atoms with Crippen LogP contribution in [0, 0.1) is 21.7 Å². The van der Waals surface area contributed by atoms with E-state index in [0.29, 0.717) is 67.6 Å². The quantitative estimate of drug-likeness (QED) is 0.0672. The van der Waals surface area contributed by atoms with Crippen molar-refractivity contribution in [3.8, 4) is 33.4 Å². The molecule has 13 aliphatic rings. The largest absolute Gasteiger partial charge is 0.494 e. The van der Waals surface area contributed by atoms with E-state index < -0.39 is 11.9 Å². The van der Waals surface area contributed by atoms with Crippen LogP contribution >= 0.6 is 15.9 Å². The molecule has 22 nitrogen and oxygen atoms in total. The average Bonchev–Trinajstić information content (AvgIpc) is 1.58. The van der Waals surface area contributed by atoms with Crippen molar-refractivity contribution < 1.29 is 86.3 Å². The zero-order valence-electron chi connectivity index (χ0n) is 85.5. The number of halogens is 1. The molecule has 0 radical (unpaired) electrons. The number of esters is 2. The lowest BCUT2D eigenvalue weighted by Gasteiger charge is -2.34. The van der Waals surface area contributed by atoms with Crippen molar-refractivity contribution in [2.24, 2.45) is 21.7 Å². The molecule has 0 aromatic heterocycles. The summed E-state index contributed by atoms with van der Waals surface area (Å²) in [6.45, 7) is 18.1. The molecule has 12 aromatic rings. The Morgan fingerprint density at radius 3 is 0.831 bits per heavy atom. The van der Waals surface area contributed by atoms with Crippen LogP contribution in [0.3, 0.4) is 0 Å². The molecule has 4 amide bonds. The van der Waals surface area contributed by atoms with E-state index in [4.69, 9.17) is 37.7 Å². The molecule has 0 bridgehead atoms. The molecule has 9 heterocycles. The van der Waals surface area contributed by atoms with E-state index in [-0.39, 0.29) is 78.3 Å². The van der Waals surface area contributed by atoms with Gasteiger partial charge in [-0.3, -0.25) is 19.2 Å². The number of methoxy groups -OCH3 is 2. The Bertz CT molecular complexity index is 6780. The lowest BCUT2D eigenvalue weighted by molar-refractivity contribution is -0.143. The number of carbonyl (C=O) groups is 8. The van der Waals surface area contributed by atoms with Gasteiger partial charge >= 0.3 is 31.0 Å². The van der Waals surface area contributed by atoms with Crippen molar-refractivity contribution in [1.29, 1.82) is 0 Å². The molecule has 4 aliphatic carbocycles. The van der Waals surface area contributed by atoms with E-state index in [2.05, 4.69) is 165 Å². The van der Waals surface area contributed by atoms with E-state index >= 15 is 0 Å². The summed E-state index contributed by atoms with van der Waals surface area (Å²) in [5, 5.41) is 26.1. The maximum Gasteiger partial charge on any atom is 0.494 e. The molecule has 148 heavy (non-hydrogen) atoms. The minimum atomic E-state index is -0.900. The molecule has 24 heteroatoms. The Labute approximate surface area is 874 Å². The first kappa shape index (κ1) is 102. The first-order valence-electron chi connectivity index (χ1n) is 53.4. The number of amides is 4. The van der Waals surface area contributed by atoms with Crippen LogP contribution in [0.5, 0.6) is 0 Å². The van der Waals surface area contributed by atoms with Crippen LogP contribution < -0.4 is 5.46 Å². The lowest BCUT2D eigenvalue weighted by atomic mass is 9.78. The number of piperidine rings is 4. The van der Waals surface area contributed by atoms with Crippen molar-refractivity contribution in [3.63, 3.8) is 0 Å². The highest BCUT2D eigenvalue weighted by atomic mass is 79.9. The molecule has 4 saturated carbocycles. The van der Waals surface area contributed by atoms with Crippen LogP contribution in [-0.2, 0) is 56.9 Å². The van der Waals surface area contributed by atoms with Crippen molar-refractivity contribution in [3.05, 3.63) is 292 Å². The Balaban J connectivity index is 0.000000110. The van der Waals surface area contributed by atoms with Gasteiger partial charge in [0.2, 0.25) is 0 Å². The number of nitrogens with zero attached hydrogens (tertiary/aromatic N) is 4. The smallest absolute Gasteiger partial charge is 0.478 e. The van der Waals surface area contributed by atoms with Crippen LogP contribution in [0.15, 0.2) is 247 Å². The third kappa shape index (κ3) is 21.0. The predicted octanol–water partition coefficient (Wildman–Crippen LogP) is 23.2. The highest BCUT2D eigenvalue weighted by molar-refractivity contribution is 9.10. The van der Waals surface area contributed by atoms with Gasteiger partial charge in [0.1, 0.15) is 24.4 Å². The van der Waals surface area contributed by atoms with Gasteiger partial charge in [-0.25, -0.2) is 19.2 Å². The highest BCUT2D eigenvalue weighted by Gasteiger charge is 2.60. The van der Waals surface area contributed by atoms with Crippen LogP contribution in [0.1, 0.15) is 243 Å². The van der Waals surface area contributed by atoms with Crippen molar-refractivity contribution in [2.75, 3.05) is 93.0 Å². The van der Waals surface area contributed by atoms with E-state index in [1.807, 2.05) is 105 Å². The van der Waals surface area contributed by atoms with Crippen LogP contribution in [0.4, 0.5) is 0 Å². The number of ether oxygens (including phenoxy) is 6. The van der Waals surface area contributed by atoms with Gasteiger partial charge in [0.25, 0.3) is 23.6 Å². The number of benzene rings is 12. The summed E-state index contributed by atoms with van der Waals surface area (Å²) in [6.07, 6.45) is 20.3. The first-order valence-corrected chi connectivity index (χ1v) is 54.2. The van der Waals surface area contributed by atoms with E-state index in [1.54, 1.807) is 36.4 Å². The maximum atomic E-state index is 12.7. The molecule has 13 fully saturated rings. The number of likely N-dealkylation sites (tertiary alicyclic amines) is 4. The molecule has 25 rings (SSSR count). The summed E-state index contributed by atoms with van der Waals surface area (Å²) < 4.78 is 45.4. The Kier molecular flexibility index (Phi) is 29.0. The highest BCUT2D eigenvalue weighted by Crippen LogP contribution is 2.68. The van der Waals surface area contributed by atoms with Gasteiger partial charge in [0.05, 0.1) is 47.7 Å². The lowest BCUT2D eigenvalue weighted by Crippen LogP contribution is -2.44. The zero-order chi connectivity index (χ0) is 103. The maximum absolute atomic E-state index is 12.7. The molecule has 8 atom stereocenters. The Morgan fingerprint density at radius 1 is 0.318 bits per heavy atom. The van der Waals surface area contributed by atoms with Crippen molar-refractivity contribution in [2.45, 2.75) is 215 Å². The van der Waals surface area contributed by atoms with Gasteiger partial charge in [0, 0.05) is 83.3 Å². The fraction of sp³-hybridized carbons (Fsp3) is 0.419. The minimum absolute atomic E-state index is 0.184. The number of carboxylic acids is 2. The third-order valence-electron chi connectivity index (χ3n) is 35.4. The van der Waals surface area contributed by atoms with Crippen molar-refractivity contribution >= 4 is 119 Å². The summed E-state index contributed by atoms with van der Waals surface area (Å²) in [7, 11) is 2.50. The first-order chi connectivity index (χ1) is 71.6. The molecule has 2 unspecified atom stereocenters. The van der Waals surface area contributed by atoms with Gasteiger partial charge in [0.15, 0.2) is 0 Å². The number of fused-ring (bicyclic) bond motifs is 4. The van der Waals surface area contributed by atoms with Gasteiger partial charge in [-0.1, -0.05) is 204 Å². The second kappa shape index (κ2) is 42.3. The second-order valence-electron chi connectivity index (χ2n) is 44.4. The molecule has 766 valence electrons. The number of rotatable bonds is 16. The van der Waals surface area contributed by atoms with Crippen LogP contribution in [-0.4, -0.2) is 213 Å². The molecular formula is C124H132BBrN4O18. The Hall–Kier alpha value is -12.3. The topological polar surface area (TPSA) is 264 Å². The standard InChI is InChI=1S/C30H31NO4.2C29H29NO4.C24H34BNO4.C12H9BrO2/c1-34-29(33)25-5-2-4-23-18-22(11-12-24(23)25)20-7-9-21(10-8-20)26-19-30(26)13-15-31(16-14-30)28(32)27-6-3-17-35-27;2*31-27(26-5-2-16-34-26)30-14-12-29(13-15-30)18-25(29)20-8-6-19(7-9-20)21-10-11-23-22(17-21)3-1-4-24(23)28(32)33;1-22(2)23(3,4)30-25(29-22)18-9-7-17(8-10-18)19-16-24(19)11-13-26(14-12-24)21(27)20-6-5-15-28-20;1-15-12(14)11-4-2-3-8-7-9(13)5-6-10(8)11/h2,4-5,7-12,18,26-27H,3,6,13-17,19H2,1H3;2*1,3-4,6-11,17,25-26H,2,5,12-16,18H2,(H,32,33);7-10,19-20H,5-6,11-16H2,1-4H3;2-7H,1H3/t26?,27-;25-,26+;25-,26-;19?,20-;/m1011./s1. The minimum Gasteiger partial charge on any atom is -0.478 e. The number of hydrogen-bond donors (Lipinski definition) is 2. The normalized spacial score (nSPS) is 23.5. The molecule has 4 spiro atoms. The Morgan fingerprint density at radius 2 is 0.568 bits per heavy atom. The monoisotopic (exact) mass is 2050 g/mol. The SMILES string of the molecule is CC1(C)OB(c2ccc(C3CC34CCN(C(=O)[C@H]3CCCO3)CC4)cc2)OC1(C)C.COC(=O)c1cccc2cc(-c3ccc(C4CC45CCN(C(=O)[C@H]4CCCO4)CC5)cc3)ccc12.COC(=O)c1cccc2cc(Br)ccc12.O=C(O)c1cccc2cc(-c3ccc([C@@H]4CC45CCN(C(=O)[C@H]4CCCO4)CC5)cc3)ccc12.O=C(O)c1cccc2cc(-c3ccc([C@H]4CC45CCN(C(=O)[C@H]4CCCO4)CC5)cc3)ccc12. The third-order valence-corrected chi connectivity index (χ3v) is 35.9. The van der Waals surface area contributed by atoms with Gasteiger partial charge in [-0.15, -0.1) is 0 Å². The van der Waals surface area contributed by atoms with E-state index in [9.17, 15) is 48.6 Å². The molecule has 2 N–H and O–H groups in total. The van der Waals surface area contributed by atoms with Gasteiger partial charge in [-0.05, 0) is 360 Å². The fourth-order valence-corrected chi connectivity index (χ4v) is 25.6. The number of hydrogen-bond acceptors (Lipinski definition) is 16. The molecule has 9 saturated heterocycles. The number of carboxylic acid groups (broad SMARTS) is 2. The van der Waals surface area contributed by atoms with Crippen molar-refractivity contribution in [1.82, 2.24) is 19.6 Å². The second-order valence-corrected chi connectivity index (χ2v) is 45.3. The van der Waals surface area contributed by atoms with E-state index in [0.717, 1.165) is 262 Å². The molecule has 9 aliphatic heterocycles. The van der Waals surface area contributed by atoms with Crippen LogP contribution in [0.2, 0.25) is 0 Å². The molecular weight excluding hydrogens is 1920 g/mol. The number of carbonyl (C=O) groups excluding carboxylic acids is 6. The fourth-order valence-electron chi connectivity index (χ4n) is 25.3. The zero-order valence-corrected chi connectivity index (χ0v) is 87.1. The van der Waals surface area contributed by atoms with E-state index in [1.165, 1.54) is 67.7 Å². The van der Waals surface area contributed by atoms with Gasteiger partial charge < -0.3 is 67.5 Å². The summed E-state index contributed by atoms with van der Waals surface area (Å²) in [6, 6.07) is 81.6. The molecule has 12 aromatic carbocycles. The predicted molar refractivity (Wildman–Crippen MR) is 577 cm³/mol. The summed E-state index contributed by atoms with van der Waals surface area (Å²) >= 11 is 3.39. The summed E-state index contributed by atoms with van der Waals surface area (Å²) in [4.78, 5) is 105. The number of aromatic carboxylic acids is 2. The summed E-state index contributed by atoms with van der Waals surface area (Å²) in [5.74, 6) is 0.759.